The van der Waals surface area contributed by atoms with Crippen LogP contribution in [0.1, 0.15) is 23.2 Å². The zero-order chi connectivity index (χ0) is 17.0. The van der Waals surface area contributed by atoms with Crippen molar-refractivity contribution in [1.29, 1.82) is 0 Å². The van der Waals surface area contributed by atoms with Gasteiger partial charge in [0.15, 0.2) is 22.2 Å². The number of carbonyl (C=O) groups is 2. The van der Waals surface area contributed by atoms with Gasteiger partial charge < -0.3 is 9.47 Å². The minimum atomic E-state index is -3.03. The fraction of sp³-hybridized carbons (Fsp3) is 0.467. The molecule has 2 rings (SSSR count). The predicted molar refractivity (Wildman–Crippen MR) is 84.7 cm³/mol. The molecule has 0 unspecified atom stereocenters. The van der Waals surface area contributed by atoms with Crippen molar-refractivity contribution in [3.8, 4) is 5.75 Å². The van der Waals surface area contributed by atoms with E-state index in [9.17, 15) is 18.0 Å². The fourth-order valence-electron chi connectivity index (χ4n) is 2.40. The Kier molecular flexibility index (Phi) is 5.64. The van der Waals surface area contributed by atoms with E-state index in [0.717, 1.165) is 0 Å². The first-order chi connectivity index (χ1) is 10.8. The van der Waals surface area contributed by atoms with E-state index in [4.69, 9.17) is 21.1 Å². The summed E-state index contributed by atoms with van der Waals surface area (Å²) in [6.45, 7) is -0.402. The van der Waals surface area contributed by atoms with Crippen molar-refractivity contribution in [3.05, 3.63) is 28.8 Å². The largest absolute Gasteiger partial charge is 0.495 e. The molecule has 1 atom stereocenters. The lowest BCUT2D eigenvalue weighted by Crippen LogP contribution is -2.17. The van der Waals surface area contributed by atoms with Gasteiger partial charge in [0.05, 0.1) is 23.6 Å². The summed E-state index contributed by atoms with van der Waals surface area (Å²) in [5.74, 6) is -0.624. The zero-order valence-electron chi connectivity index (χ0n) is 12.6. The summed E-state index contributed by atoms with van der Waals surface area (Å²) in [4.78, 5) is 23.7. The van der Waals surface area contributed by atoms with Gasteiger partial charge in [0, 0.05) is 12.0 Å². The molecular formula is C15H17ClO6S. The number of methoxy groups -OCH3 is 1. The Morgan fingerprint density at radius 1 is 1.35 bits per heavy atom. The number of carbonyl (C=O) groups excluding carboxylic acids is 2. The maximum atomic E-state index is 12.0. The third-order valence-electron chi connectivity index (χ3n) is 3.62. The van der Waals surface area contributed by atoms with Crippen molar-refractivity contribution in [3.63, 3.8) is 0 Å². The van der Waals surface area contributed by atoms with Crippen LogP contribution in [0.4, 0.5) is 0 Å². The fourth-order valence-corrected chi connectivity index (χ4v) is 4.52. The van der Waals surface area contributed by atoms with Crippen LogP contribution in [0.15, 0.2) is 18.2 Å². The van der Waals surface area contributed by atoms with E-state index in [1.165, 1.54) is 19.2 Å². The topological polar surface area (TPSA) is 86.7 Å². The van der Waals surface area contributed by atoms with E-state index >= 15 is 0 Å². The van der Waals surface area contributed by atoms with Crippen LogP contribution in [0.2, 0.25) is 5.02 Å². The summed E-state index contributed by atoms with van der Waals surface area (Å²) in [5, 5.41) is 0.292. The Labute approximate surface area is 139 Å². The molecule has 0 bridgehead atoms. The maximum Gasteiger partial charge on any atom is 0.306 e. The molecule has 0 saturated carbocycles. The highest BCUT2D eigenvalue weighted by atomic mass is 35.5. The average Bonchev–Trinajstić information content (AvgIpc) is 2.83. The molecule has 1 fully saturated rings. The van der Waals surface area contributed by atoms with Crippen molar-refractivity contribution in [2.75, 3.05) is 25.2 Å². The van der Waals surface area contributed by atoms with Crippen LogP contribution in [0.5, 0.6) is 5.75 Å². The average molecular weight is 361 g/mol. The monoisotopic (exact) mass is 360 g/mol. The van der Waals surface area contributed by atoms with Crippen LogP contribution in [-0.2, 0) is 19.4 Å². The smallest absolute Gasteiger partial charge is 0.306 e. The molecule has 23 heavy (non-hydrogen) atoms. The molecule has 1 aliphatic rings. The van der Waals surface area contributed by atoms with Crippen LogP contribution in [0.3, 0.4) is 0 Å². The van der Waals surface area contributed by atoms with E-state index in [1.807, 2.05) is 0 Å². The summed E-state index contributed by atoms with van der Waals surface area (Å²) < 4.78 is 32.6. The third-order valence-corrected chi connectivity index (χ3v) is 5.75. The molecule has 0 N–H and O–H groups in total. The summed E-state index contributed by atoms with van der Waals surface area (Å²) in [6, 6.07) is 4.53. The first kappa shape index (κ1) is 17.7. The quantitative estimate of drug-likeness (QED) is 0.569. The molecule has 1 aromatic rings. The van der Waals surface area contributed by atoms with Crippen molar-refractivity contribution in [2.24, 2.45) is 5.92 Å². The van der Waals surface area contributed by atoms with Gasteiger partial charge in [0.2, 0.25) is 0 Å². The van der Waals surface area contributed by atoms with E-state index in [-0.39, 0.29) is 29.6 Å². The molecule has 0 spiro atoms. The molecule has 1 aromatic carbocycles. The molecular weight excluding hydrogens is 344 g/mol. The number of sulfone groups is 1. The molecule has 1 saturated heterocycles. The molecule has 0 aliphatic carbocycles. The normalized spacial score (nSPS) is 19.3. The lowest BCUT2D eigenvalue weighted by Gasteiger charge is -2.08. The Hall–Kier alpha value is -1.60. The van der Waals surface area contributed by atoms with Crippen molar-refractivity contribution in [1.82, 2.24) is 0 Å². The highest BCUT2D eigenvalue weighted by molar-refractivity contribution is 7.91. The number of benzene rings is 1. The molecule has 6 nitrogen and oxygen atoms in total. The van der Waals surface area contributed by atoms with Crippen molar-refractivity contribution < 1.29 is 27.5 Å². The molecule has 0 amide bonds. The van der Waals surface area contributed by atoms with Gasteiger partial charge >= 0.3 is 5.97 Å². The summed E-state index contributed by atoms with van der Waals surface area (Å²) in [6.07, 6.45) is 0.468. The number of Topliss-reactive ketones (excluding diaryl/α,β-unsaturated/α-hetero) is 1. The number of ketones is 1. The number of hydrogen-bond donors (Lipinski definition) is 0. The van der Waals surface area contributed by atoms with Gasteiger partial charge in [-0.15, -0.1) is 0 Å². The summed E-state index contributed by atoms with van der Waals surface area (Å²) in [7, 11) is -1.56. The van der Waals surface area contributed by atoms with Gasteiger partial charge in [-0.3, -0.25) is 9.59 Å². The van der Waals surface area contributed by atoms with Gasteiger partial charge in [0.25, 0.3) is 0 Å². The van der Waals surface area contributed by atoms with Crippen LogP contribution in [0, 0.1) is 5.92 Å². The molecule has 126 valence electrons. The second kappa shape index (κ2) is 7.31. The SMILES string of the molecule is COc1ccc(C(=O)COC(=O)C[C@@H]2CCS(=O)(=O)C2)cc1Cl. The number of ether oxygens (including phenoxy) is 2. The maximum absolute atomic E-state index is 12.0. The number of esters is 1. The zero-order valence-corrected chi connectivity index (χ0v) is 14.2. The van der Waals surface area contributed by atoms with Crippen molar-refractivity contribution >= 4 is 33.2 Å². The highest BCUT2D eigenvalue weighted by Crippen LogP contribution is 2.25. The van der Waals surface area contributed by atoms with Gasteiger partial charge in [-0.25, -0.2) is 8.42 Å². The van der Waals surface area contributed by atoms with Crippen molar-refractivity contribution in [2.45, 2.75) is 12.8 Å². The predicted octanol–water partition coefficient (Wildman–Crippen LogP) is 1.90. The molecule has 8 heteroatoms. The number of rotatable bonds is 6. The summed E-state index contributed by atoms with van der Waals surface area (Å²) >= 11 is 5.93. The minimum Gasteiger partial charge on any atom is -0.495 e. The molecule has 1 heterocycles. The van der Waals surface area contributed by atoms with E-state index in [0.29, 0.717) is 22.8 Å². The van der Waals surface area contributed by atoms with Gasteiger partial charge in [-0.1, -0.05) is 11.6 Å². The Bertz CT molecular complexity index is 713. The minimum absolute atomic E-state index is 0.00410. The highest BCUT2D eigenvalue weighted by Gasteiger charge is 2.30. The standard InChI is InChI=1S/C15H17ClO6S/c1-21-14-3-2-11(7-12(14)16)13(17)8-22-15(18)6-10-4-5-23(19,20)9-10/h2-3,7,10H,4-6,8-9H2,1H3/t10-/m0/s1. The molecule has 0 radical (unpaired) electrons. The lowest BCUT2D eigenvalue weighted by atomic mass is 10.1. The second-order valence-electron chi connectivity index (χ2n) is 5.41. The molecule has 1 aliphatic heterocycles. The summed E-state index contributed by atoms with van der Waals surface area (Å²) in [5.41, 5.74) is 0.312. The van der Waals surface area contributed by atoms with Gasteiger partial charge in [-0.05, 0) is 30.5 Å². The Morgan fingerprint density at radius 3 is 2.65 bits per heavy atom. The Balaban J connectivity index is 1.84. The molecule has 0 aromatic heterocycles. The second-order valence-corrected chi connectivity index (χ2v) is 8.04. The Morgan fingerprint density at radius 2 is 2.09 bits per heavy atom. The van der Waals surface area contributed by atoms with Crippen LogP contribution in [0.25, 0.3) is 0 Å². The van der Waals surface area contributed by atoms with E-state index < -0.39 is 22.4 Å². The van der Waals surface area contributed by atoms with Crippen LogP contribution in [-0.4, -0.2) is 45.4 Å². The van der Waals surface area contributed by atoms with Crippen LogP contribution >= 0.6 is 11.6 Å². The lowest BCUT2D eigenvalue weighted by molar-refractivity contribution is -0.143. The van der Waals surface area contributed by atoms with E-state index in [1.54, 1.807) is 6.07 Å². The first-order valence-corrected chi connectivity index (χ1v) is 9.23. The van der Waals surface area contributed by atoms with Gasteiger partial charge in [-0.2, -0.15) is 0 Å². The van der Waals surface area contributed by atoms with Gasteiger partial charge in [0.1, 0.15) is 5.75 Å². The first-order valence-electron chi connectivity index (χ1n) is 7.03. The van der Waals surface area contributed by atoms with E-state index in [2.05, 4.69) is 0 Å². The number of hydrogen-bond acceptors (Lipinski definition) is 6. The number of halogens is 1. The van der Waals surface area contributed by atoms with Crippen LogP contribution < -0.4 is 4.74 Å². The third kappa shape index (κ3) is 4.94.